The predicted octanol–water partition coefficient (Wildman–Crippen LogP) is 2.54. The molecule has 26 heavy (non-hydrogen) atoms. The second-order valence-corrected chi connectivity index (χ2v) is 6.57. The number of rotatable bonds is 4. The summed E-state index contributed by atoms with van der Waals surface area (Å²) in [5.41, 5.74) is 7.92. The molecule has 2 heterocycles. The largest absolute Gasteiger partial charge is 0.448 e. The van der Waals surface area contributed by atoms with Crippen molar-refractivity contribution in [3.8, 4) is 0 Å². The fourth-order valence-electron chi connectivity index (χ4n) is 3.60. The quantitative estimate of drug-likeness (QED) is 0.681. The van der Waals surface area contributed by atoms with Crippen LogP contribution in [0.5, 0.6) is 0 Å². The number of hydrogen-bond acceptors (Lipinski definition) is 4. The molecule has 2 atom stereocenters. The molecule has 4 rings (SSSR count). The number of nitrogens with zero attached hydrogens (tertiary/aromatic N) is 1. The van der Waals surface area contributed by atoms with Crippen molar-refractivity contribution < 1.29 is 14.3 Å². The monoisotopic (exact) mass is 348 g/mol. The van der Waals surface area contributed by atoms with Crippen LogP contribution < -0.4 is 5.73 Å². The topological polar surface area (TPSA) is 72.6 Å². The smallest absolute Gasteiger partial charge is 0.355 e. The van der Waals surface area contributed by atoms with Crippen molar-refractivity contribution in [2.45, 2.75) is 31.0 Å². The van der Waals surface area contributed by atoms with E-state index in [9.17, 15) is 9.59 Å². The Kier molecular flexibility index (Phi) is 4.31. The Balaban J connectivity index is 1.61. The maximum absolute atomic E-state index is 12.9. The SMILES string of the molecule is N[C@@H]1C(=O)N2C(C(=O)OC(c3ccccc3)c3ccccc3)=CCC[C@@H]12. The van der Waals surface area contributed by atoms with Crippen LogP contribution >= 0.6 is 0 Å². The molecular weight excluding hydrogens is 328 g/mol. The summed E-state index contributed by atoms with van der Waals surface area (Å²) >= 11 is 0. The minimum absolute atomic E-state index is 0.0954. The standard InChI is InChI=1S/C21H20N2O3/c22-18-16-12-7-13-17(23(16)20(18)24)21(25)26-19(14-8-3-1-4-9-14)15-10-5-2-6-11-15/h1-6,8-11,13,16,18-19H,7,12,22H2/t16-,18-/m0/s1. The first-order chi connectivity index (χ1) is 12.7. The minimum atomic E-state index is -0.531. The Labute approximate surface area is 152 Å². The molecule has 2 aliphatic rings. The first-order valence-electron chi connectivity index (χ1n) is 8.76. The lowest BCUT2D eigenvalue weighted by Gasteiger charge is -2.47. The normalized spacial score (nSPS) is 21.7. The van der Waals surface area contributed by atoms with Gasteiger partial charge in [0.25, 0.3) is 0 Å². The third kappa shape index (κ3) is 2.80. The van der Waals surface area contributed by atoms with E-state index in [0.717, 1.165) is 17.5 Å². The molecule has 1 fully saturated rings. The zero-order valence-electron chi connectivity index (χ0n) is 14.2. The average Bonchev–Trinajstić information content (AvgIpc) is 2.72. The Hall–Kier alpha value is -2.92. The zero-order chi connectivity index (χ0) is 18.1. The van der Waals surface area contributed by atoms with Crippen molar-refractivity contribution >= 4 is 11.9 Å². The Morgan fingerprint density at radius 2 is 1.62 bits per heavy atom. The highest BCUT2D eigenvalue weighted by Gasteiger charge is 2.49. The van der Waals surface area contributed by atoms with Crippen LogP contribution in [0.1, 0.15) is 30.1 Å². The maximum atomic E-state index is 12.9. The highest BCUT2D eigenvalue weighted by Crippen LogP contribution is 2.34. The van der Waals surface area contributed by atoms with E-state index in [0.29, 0.717) is 12.1 Å². The molecule has 2 aromatic rings. The molecule has 132 valence electrons. The summed E-state index contributed by atoms with van der Waals surface area (Å²) in [5.74, 6) is -0.707. The fraction of sp³-hybridized carbons (Fsp3) is 0.238. The van der Waals surface area contributed by atoms with Crippen molar-refractivity contribution in [1.29, 1.82) is 0 Å². The summed E-state index contributed by atoms with van der Waals surface area (Å²) in [6.45, 7) is 0. The third-order valence-electron chi connectivity index (χ3n) is 4.97. The number of ether oxygens (including phenoxy) is 1. The molecule has 2 N–H and O–H groups in total. The van der Waals surface area contributed by atoms with Gasteiger partial charge in [0.1, 0.15) is 11.7 Å². The summed E-state index contributed by atoms with van der Waals surface area (Å²) in [6.07, 6.45) is 2.74. The van der Waals surface area contributed by atoms with E-state index in [1.54, 1.807) is 6.08 Å². The number of carbonyl (C=O) groups excluding carboxylic acids is 2. The van der Waals surface area contributed by atoms with E-state index in [1.165, 1.54) is 4.90 Å². The van der Waals surface area contributed by atoms with E-state index in [1.807, 2.05) is 60.7 Å². The molecule has 0 spiro atoms. The number of benzene rings is 2. The number of amides is 1. The van der Waals surface area contributed by atoms with Crippen molar-refractivity contribution in [2.24, 2.45) is 5.73 Å². The summed E-state index contributed by atoms with van der Waals surface area (Å²) < 4.78 is 5.86. The van der Waals surface area contributed by atoms with Gasteiger partial charge in [0.2, 0.25) is 5.91 Å². The molecule has 5 nitrogen and oxygen atoms in total. The van der Waals surface area contributed by atoms with Gasteiger partial charge in [-0.25, -0.2) is 4.79 Å². The van der Waals surface area contributed by atoms with E-state index in [4.69, 9.17) is 10.5 Å². The van der Waals surface area contributed by atoms with Crippen LogP contribution in [0, 0.1) is 0 Å². The molecule has 5 heteroatoms. The summed E-state index contributed by atoms with van der Waals surface area (Å²) in [7, 11) is 0. The van der Waals surface area contributed by atoms with Crippen LogP contribution in [-0.2, 0) is 14.3 Å². The van der Waals surface area contributed by atoms with Crippen molar-refractivity contribution in [3.05, 3.63) is 83.6 Å². The second kappa shape index (κ2) is 6.77. The lowest BCUT2D eigenvalue weighted by atomic mass is 9.87. The number of esters is 1. The van der Waals surface area contributed by atoms with Crippen LogP contribution in [-0.4, -0.2) is 28.9 Å². The van der Waals surface area contributed by atoms with Gasteiger partial charge in [-0.3, -0.25) is 9.69 Å². The van der Waals surface area contributed by atoms with Gasteiger partial charge in [0, 0.05) is 0 Å². The molecule has 0 unspecified atom stereocenters. The molecule has 0 radical (unpaired) electrons. The van der Waals surface area contributed by atoms with Gasteiger partial charge >= 0.3 is 5.97 Å². The third-order valence-corrected chi connectivity index (χ3v) is 4.97. The van der Waals surface area contributed by atoms with Gasteiger partial charge in [0.05, 0.1) is 6.04 Å². The molecule has 0 aliphatic carbocycles. The van der Waals surface area contributed by atoms with Gasteiger partial charge in [-0.2, -0.15) is 0 Å². The predicted molar refractivity (Wildman–Crippen MR) is 96.7 cm³/mol. The van der Waals surface area contributed by atoms with E-state index in [-0.39, 0.29) is 11.9 Å². The molecule has 1 saturated heterocycles. The van der Waals surface area contributed by atoms with Crippen LogP contribution in [0.2, 0.25) is 0 Å². The van der Waals surface area contributed by atoms with Crippen LogP contribution in [0.3, 0.4) is 0 Å². The highest BCUT2D eigenvalue weighted by molar-refractivity contribution is 6.00. The van der Waals surface area contributed by atoms with Crippen LogP contribution in [0.4, 0.5) is 0 Å². The molecular formula is C21H20N2O3. The van der Waals surface area contributed by atoms with E-state index < -0.39 is 18.1 Å². The van der Waals surface area contributed by atoms with Crippen LogP contribution in [0.25, 0.3) is 0 Å². The number of allylic oxidation sites excluding steroid dienone is 1. The Morgan fingerprint density at radius 1 is 1.04 bits per heavy atom. The Morgan fingerprint density at radius 3 is 2.19 bits per heavy atom. The number of nitrogens with two attached hydrogens (primary N) is 1. The Bertz CT molecular complexity index is 809. The molecule has 2 aliphatic heterocycles. The van der Waals surface area contributed by atoms with Crippen LogP contribution in [0.15, 0.2) is 72.4 Å². The van der Waals surface area contributed by atoms with Gasteiger partial charge < -0.3 is 10.5 Å². The minimum Gasteiger partial charge on any atom is -0.448 e. The number of carbonyl (C=O) groups is 2. The molecule has 2 aromatic carbocycles. The van der Waals surface area contributed by atoms with Gasteiger partial charge in [-0.1, -0.05) is 66.7 Å². The van der Waals surface area contributed by atoms with Crippen molar-refractivity contribution in [1.82, 2.24) is 4.90 Å². The maximum Gasteiger partial charge on any atom is 0.355 e. The number of β-lactam (4-membered cyclic amide) rings is 1. The van der Waals surface area contributed by atoms with E-state index in [2.05, 4.69) is 0 Å². The molecule has 1 amide bonds. The fourth-order valence-corrected chi connectivity index (χ4v) is 3.60. The van der Waals surface area contributed by atoms with E-state index >= 15 is 0 Å². The molecule has 0 bridgehead atoms. The lowest BCUT2D eigenvalue weighted by Crippen LogP contribution is -2.69. The first-order valence-corrected chi connectivity index (χ1v) is 8.76. The van der Waals surface area contributed by atoms with Gasteiger partial charge in [-0.15, -0.1) is 0 Å². The van der Waals surface area contributed by atoms with Crippen molar-refractivity contribution in [2.75, 3.05) is 0 Å². The summed E-state index contributed by atoms with van der Waals surface area (Å²) in [5, 5.41) is 0. The first kappa shape index (κ1) is 16.5. The summed E-state index contributed by atoms with van der Waals surface area (Å²) in [4.78, 5) is 26.5. The average molecular weight is 348 g/mol. The second-order valence-electron chi connectivity index (χ2n) is 6.57. The lowest BCUT2D eigenvalue weighted by molar-refractivity contribution is -0.156. The molecule has 0 aromatic heterocycles. The molecule has 0 saturated carbocycles. The number of fused-ring (bicyclic) bond motifs is 1. The van der Waals surface area contributed by atoms with Gasteiger partial charge in [-0.05, 0) is 24.0 Å². The van der Waals surface area contributed by atoms with Crippen molar-refractivity contribution in [3.63, 3.8) is 0 Å². The van der Waals surface area contributed by atoms with Gasteiger partial charge in [0.15, 0.2) is 6.10 Å². The summed E-state index contributed by atoms with van der Waals surface area (Å²) in [6, 6.07) is 18.6. The number of hydrogen-bond donors (Lipinski definition) is 1. The highest BCUT2D eigenvalue weighted by atomic mass is 16.5. The zero-order valence-corrected chi connectivity index (χ0v) is 14.2.